The molecular weight excluding hydrogens is 240 g/mol. The van der Waals surface area contributed by atoms with Crippen LogP contribution in [-0.2, 0) is 16.9 Å². The van der Waals surface area contributed by atoms with E-state index >= 15 is 0 Å². The van der Waals surface area contributed by atoms with Crippen LogP contribution in [0.15, 0.2) is 48.7 Å². The van der Waals surface area contributed by atoms with Crippen molar-refractivity contribution in [3.63, 3.8) is 0 Å². The van der Waals surface area contributed by atoms with Crippen molar-refractivity contribution in [1.82, 2.24) is 15.5 Å². The van der Waals surface area contributed by atoms with Crippen LogP contribution in [0.2, 0.25) is 0 Å². The molecule has 0 spiro atoms. The van der Waals surface area contributed by atoms with E-state index in [1.54, 1.807) is 25.3 Å². The smallest absolute Gasteiger partial charge is 0.244 e. The average Bonchev–Trinajstić information content (AvgIpc) is 2.46. The Kier molecular flexibility index (Phi) is 3.87. The van der Waals surface area contributed by atoms with Gasteiger partial charge in [0, 0.05) is 6.20 Å². The lowest BCUT2D eigenvalue weighted by Crippen LogP contribution is -2.48. The predicted octanol–water partition coefficient (Wildman–Crippen LogP) is 0.967. The van der Waals surface area contributed by atoms with E-state index in [2.05, 4.69) is 15.5 Å². The third kappa shape index (κ3) is 3.14. The van der Waals surface area contributed by atoms with Gasteiger partial charge in [-0.3, -0.25) is 4.79 Å². The van der Waals surface area contributed by atoms with Crippen LogP contribution in [-0.4, -0.2) is 16.1 Å². The van der Waals surface area contributed by atoms with Crippen molar-refractivity contribution in [2.75, 3.05) is 0 Å². The third-order valence-corrected chi connectivity index (χ3v) is 2.90. The monoisotopic (exact) mass is 256 g/mol. The number of benzene rings is 1. The van der Waals surface area contributed by atoms with Crippen molar-refractivity contribution in [3.8, 4) is 0 Å². The number of hydrogen-bond acceptors (Lipinski definition) is 4. The molecule has 0 saturated carbocycles. The Morgan fingerprint density at radius 2 is 2.00 bits per heavy atom. The molecule has 0 aliphatic carbocycles. The van der Waals surface area contributed by atoms with Gasteiger partial charge in [0.2, 0.25) is 5.91 Å². The second-order valence-corrected chi connectivity index (χ2v) is 4.47. The number of hydrogen-bond donors (Lipinski definition) is 2. The van der Waals surface area contributed by atoms with E-state index in [9.17, 15) is 4.79 Å². The van der Waals surface area contributed by atoms with Gasteiger partial charge in [-0.25, -0.2) is 0 Å². The standard InChI is InChI=1S/C14H16N4O/c1-14(15,11-6-3-2-4-7-11)13(19)16-10-12-8-5-9-17-18-12/h2-9H,10,15H2,1H3,(H,16,19). The summed E-state index contributed by atoms with van der Waals surface area (Å²) in [5.74, 6) is -0.246. The molecule has 0 radical (unpaired) electrons. The second kappa shape index (κ2) is 5.58. The molecule has 3 N–H and O–H groups in total. The summed E-state index contributed by atoms with van der Waals surface area (Å²) in [6.07, 6.45) is 1.59. The summed E-state index contributed by atoms with van der Waals surface area (Å²) < 4.78 is 0. The van der Waals surface area contributed by atoms with E-state index in [4.69, 9.17) is 5.73 Å². The lowest BCUT2D eigenvalue weighted by molar-refractivity contribution is -0.126. The summed E-state index contributed by atoms with van der Waals surface area (Å²) >= 11 is 0. The van der Waals surface area contributed by atoms with Crippen molar-refractivity contribution < 1.29 is 4.79 Å². The predicted molar refractivity (Wildman–Crippen MR) is 71.9 cm³/mol. The first-order valence-electron chi connectivity index (χ1n) is 6.00. The molecule has 0 bridgehead atoms. The molecule has 0 fully saturated rings. The molecule has 0 saturated heterocycles. The lowest BCUT2D eigenvalue weighted by Gasteiger charge is -2.23. The van der Waals surface area contributed by atoms with Gasteiger partial charge in [-0.1, -0.05) is 30.3 Å². The number of aromatic nitrogens is 2. The topological polar surface area (TPSA) is 80.9 Å². The Morgan fingerprint density at radius 1 is 1.26 bits per heavy atom. The highest BCUT2D eigenvalue weighted by Crippen LogP contribution is 2.17. The van der Waals surface area contributed by atoms with Gasteiger partial charge in [0.1, 0.15) is 5.54 Å². The van der Waals surface area contributed by atoms with Crippen molar-refractivity contribution >= 4 is 5.91 Å². The summed E-state index contributed by atoms with van der Waals surface area (Å²) in [7, 11) is 0. The first-order valence-corrected chi connectivity index (χ1v) is 6.00. The van der Waals surface area contributed by atoms with Crippen LogP contribution in [0, 0.1) is 0 Å². The molecule has 1 aromatic heterocycles. The zero-order valence-electron chi connectivity index (χ0n) is 10.7. The van der Waals surface area contributed by atoms with Crippen LogP contribution in [0.3, 0.4) is 0 Å². The van der Waals surface area contributed by atoms with Gasteiger partial charge in [0.15, 0.2) is 0 Å². The minimum absolute atomic E-state index is 0.246. The van der Waals surface area contributed by atoms with Crippen LogP contribution < -0.4 is 11.1 Å². The first kappa shape index (κ1) is 13.2. The molecule has 98 valence electrons. The molecule has 5 nitrogen and oxygen atoms in total. The Morgan fingerprint density at radius 3 is 2.63 bits per heavy atom. The molecule has 0 aliphatic rings. The van der Waals surface area contributed by atoms with E-state index in [0.29, 0.717) is 12.2 Å². The Bertz CT molecular complexity index is 540. The fourth-order valence-corrected chi connectivity index (χ4v) is 1.70. The van der Waals surface area contributed by atoms with E-state index in [1.165, 1.54) is 0 Å². The molecule has 1 amide bonds. The fraction of sp³-hybridized carbons (Fsp3) is 0.214. The molecular formula is C14H16N4O. The Balaban J connectivity index is 2.03. The summed E-state index contributed by atoms with van der Waals surface area (Å²) in [6.45, 7) is 2.00. The van der Waals surface area contributed by atoms with Crippen molar-refractivity contribution in [2.24, 2.45) is 5.73 Å². The van der Waals surface area contributed by atoms with Crippen LogP contribution in [0.25, 0.3) is 0 Å². The summed E-state index contributed by atoms with van der Waals surface area (Å²) in [6, 6.07) is 12.8. The highest BCUT2D eigenvalue weighted by Gasteiger charge is 2.29. The largest absolute Gasteiger partial charge is 0.348 e. The highest BCUT2D eigenvalue weighted by atomic mass is 16.2. The molecule has 1 unspecified atom stereocenters. The summed E-state index contributed by atoms with van der Waals surface area (Å²) in [5, 5.41) is 10.4. The van der Waals surface area contributed by atoms with E-state index < -0.39 is 5.54 Å². The van der Waals surface area contributed by atoms with Gasteiger partial charge in [0.25, 0.3) is 0 Å². The summed E-state index contributed by atoms with van der Waals surface area (Å²) in [4.78, 5) is 12.2. The maximum Gasteiger partial charge on any atom is 0.244 e. The van der Waals surface area contributed by atoms with Gasteiger partial charge in [-0.05, 0) is 24.6 Å². The van der Waals surface area contributed by atoms with Crippen molar-refractivity contribution in [2.45, 2.75) is 19.0 Å². The van der Waals surface area contributed by atoms with Crippen LogP contribution in [0.5, 0.6) is 0 Å². The quantitative estimate of drug-likeness (QED) is 0.854. The second-order valence-electron chi connectivity index (χ2n) is 4.47. The van der Waals surface area contributed by atoms with E-state index in [-0.39, 0.29) is 5.91 Å². The lowest BCUT2D eigenvalue weighted by atomic mass is 9.92. The molecule has 1 atom stereocenters. The molecule has 19 heavy (non-hydrogen) atoms. The zero-order chi connectivity index (χ0) is 13.7. The van der Waals surface area contributed by atoms with Crippen LogP contribution in [0.1, 0.15) is 18.2 Å². The highest BCUT2D eigenvalue weighted by molar-refractivity contribution is 5.86. The molecule has 2 rings (SSSR count). The van der Waals surface area contributed by atoms with Crippen LogP contribution in [0.4, 0.5) is 0 Å². The van der Waals surface area contributed by atoms with Gasteiger partial charge >= 0.3 is 0 Å². The average molecular weight is 256 g/mol. The fourth-order valence-electron chi connectivity index (χ4n) is 1.70. The number of amides is 1. The summed E-state index contributed by atoms with van der Waals surface area (Å²) in [5.41, 5.74) is 6.50. The van der Waals surface area contributed by atoms with Gasteiger partial charge < -0.3 is 11.1 Å². The molecule has 1 heterocycles. The number of carbonyl (C=O) groups excluding carboxylic acids is 1. The number of nitrogens with one attached hydrogen (secondary N) is 1. The Hall–Kier alpha value is -2.27. The first-order chi connectivity index (χ1) is 9.10. The van der Waals surface area contributed by atoms with Gasteiger partial charge in [-0.2, -0.15) is 10.2 Å². The van der Waals surface area contributed by atoms with Crippen molar-refractivity contribution in [3.05, 3.63) is 59.9 Å². The molecule has 1 aromatic carbocycles. The number of nitrogens with zero attached hydrogens (tertiary/aromatic N) is 2. The van der Waals surface area contributed by atoms with E-state index in [0.717, 1.165) is 5.56 Å². The maximum atomic E-state index is 12.2. The molecule has 0 aliphatic heterocycles. The van der Waals surface area contributed by atoms with Crippen LogP contribution >= 0.6 is 0 Å². The number of carbonyl (C=O) groups is 1. The van der Waals surface area contributed by atoms with Crippen molar-refractivity contribution in [1.29, 1.82) is 0 Å². The minimum atomic E-state index is -1.07. The minimum Gasteiger partial charge on any atom is -0.348 e. The SMILES string of the molecule is CC(N)(C(=O)NCc1cccnn1)c1ccccc1. The number of nitrogens with two attached hydrogens (primary N) is 1. The normalized spacial score (nSPS) is 13.6. The molecule has 2 aromatic rings. The Labute approximate surface area is 111 Å². The zero-order valence-corrected chi connectivity index (χ0v) is 10.7. The maximum absolute atomic E-state index is 12.2. The molecule has 5 heteroatoms. The van der Waals surface area contributed by atoms with E-state index in [1.807, 2.05) is 30.3 Å². The van der Waals surface area contributed by atoms with Gasteiger partial charge in [-0.15, -0.1) is 0 Å². The van der Waals surface area contributed by atoms with Gasteiger partial charge in [0.05, 0.1) is 12.2 Å². The third-order valence-electron chi connectivity index (χ3n) is 2.90. The number of rotatable bonds is 4.